The predicted molar refractivity (Wildman–Crippen MR) is 95.5 cm³/mol. The van der Waals surface area contributed by atoms with Crippen LogP contribution in [0.3, 0.4) is 0 Å². The SMILES string of the molecule is O=C(O)N[C@H](CCC(=O)Nc1ccccc1)C(=O)OCc1ccccc1. The minimum Gasteiger partial charge on any atom is -0.465 e. The molecule has 0 saturated carbocycles. The summed E-state index contributed by atoms with van der Waals surface area (Å²) >= 11 is 0. The lowest BCUT2D eigenvalue weighted by Gasteiger charge is -2.16. The van der Waals surface area contributed by atoms with Gasteiger partial charge in [0.1, 0.15) is 12.6 Å². The Morgan fingerprint density at radius 1 is 0.962 bits per heavy atom. The molecule has 1 atom stereocenters. The van der Waals surface area contributed by atoms with E-state index >= 15 is 0 Å². The van der Waals surface area contributed by atoms with Crippen LogP contribution in [0, 0.1) is 0 Å². The minimum absolute atomic E-state index is 0.00140. The molecule has 3 N–H and O–H groups in total. The minimum atomic E-state index is -1.35. The number of esters is 1. The van der Waals surface area contributed by atoms with E-state index in [0.717, 1.165) is 5.56 Å². The number of carboxylic acid groups (broad SMARTS) is 1. The van der Waals surface area contributed by atoms with Gasteiger partial charge in [0.2, 0.25) is 5.91 Å². The van der Waals surface area contributed by atoms with Crippen LogP contribution >= 0.6 is 0 Å². The Labute approximate surface area is 151 Å². The fraction of sp³-hybridized carbons (Fsp3) is 0.211. The van der Waals surface area contributed by atoms with Crippen molar-refractivity contribution in [3.05, 3.63) is 66.2 Å². The Bertz CT molecular complexity index is 734. The van der Waals surface area contributed by atoms with Gasteiger partial charge >= 0.3 is 12.1 Å². The molecule has 0 heterocycles. The van der Waals surface area contributed by atoms with Gasteiger partial charge in [0.25, 0.3) is 0 Å². The van der Waals surface area contributed by atoms with Crippen molar-refractivity contribution in [1.29, 1.82) is 0 Å². The number of hydrogen-bond donors (Lipinski definition) is 3. The molecule has 0 aromatic heterocycles. The van der Waals surface area contributed by atoms with Gasteiger partial charge in [-0.25, -0.2) is 9.59 Å². The van der Waals surface area contributed by atoms with Crippen LogP contribution in [0.25, 0.3) is 0 Å². The number of rotatable bonds is 8. The second kappa shape index (κ2) is 9.83. The van der Waals surface area contributed by atoms with Gasteiger partial charge in [0.05, 0.1) is 0 Å². The number of benzene rings is 2. The molecule has 0 bridgehead atoms. The van der Waals surface area contributed by atoms with Crippen molar-refractivity contribution in [3.8, 4) is 0 Å². The molecule has 2 amide bonds. The van der Waals surface area contributed by atoms with Crippen molar-refractivity contribution < 1.29 is 24.2 Å². The van der Waals surface area contributed by atoms with Crippen LogP contribution in [0.4, 0.5) is 10.5 Å². The molecule has 2 rings (SSSR count). The quantitative estimate of drug-likeness (QED) is 0.631. The fourth-order valence-electron chi connectivity index (χ4n) is 2.25. The van der Waals surface area contributed by atoms with Gasteiger partial charge in [-0.15, -0.1) is 0 Å². The van der Waals surface area contributed by atoms with Gasteiger partial charge in [0.15, 0.2) is 0 Å². The highest BCUT2D eigenvalue weighted by Gasteiger charge is 2.23. The highest BCUT2D eigenvalue weighted by Crippen LogP contribution is 2.09. The van der Waals surface area contributed by atoms with E-state index in [9.17, 15) is 14.4 Å². The fourth-order valence-corrected chi connectivity index (χ4v) is 2.25. The predicted octanol–water partition coefficient (Wildman–Crippen LogP) is 2.78. The van der Waals surface area contributed by atoms with Crippen LogP contribution < -0.4 is 10.6 Å². The van der Waals surface area contributed by atoms with Crippen molar-refractivity contribution in [2.45, 2.75) is 25.5 Å². The molecule has 136 valence electrons. The second-order valence-corrected chi connectivity index (χ2v) is 5.55. The molecule has 0 unspecified atom stereocenters. The number of para-hydroxylation sites is 1. The maximum atomic E-state index is 12.1. The molecule has 0 radical (unpaired) electrons. The van der Waals surface area contributed by atoms with Gasteiger partial charge in [-0.3, -0.25) is 4.79 Å². The van der Waals surface area contributed by atoms with E-state index in [1.54, 1.807) is 36.4 Å². The highest BCUT2D eigenvalue weighted by molar-refractivity contribution is 5.91. The highest BCUT2D eigenvalue weighted by atomic mass is 16.5. The first-order chi connectivity index (χ1) is 12.5. The molecule has 0 aliphatic rings. The molecule has 0 aliphatic heterocycles. The van der Waals surface area contributed by atoms with E-state index < -0.39 is 18.1 Å². The second-order valence-electron chi connectivity index (χ2n) is 5.55. The molecule has 26 heavy (non-hydrogen) atoms. The van der Waals surface area contributed by atoms with Crippen LogP contribution in [0.1, 0.15) is 18.4 Å². The number of amides is 2. The third kappa shape index (κ3) is 6.64. The number of carbonyl (C=O) groups excluding carboxylic acids is 2. The molecular weight excluding hydrogens is 336 g/mol. The Morgan fingerprint density at radius 2 is 1.58 bits per heavy atom. The van der Waals surface area contributed by atoms with Crippen molar-refractivity contribution in [1.82, 2.24) is 5.32 Å². The first-order valence-electron chi connectivity index (χ1n) is 8.09. The maximum Gasteiger partial charge on any atom is 0.405 e. The summed E-state index contributed by atoms with van der Waals surface area (Å²) in [4.78, 5) is 35.0. The Morgan fingerprint density at radius 3 is 2.19 bits per heavy atom. The van der Waals surface area contributed by atoms with Gasteiger partial charge in [-0.1, -0.05) is 48.5 Å². The van der Waals surface area contributed by atoms with Crippen LogP contribution in [0.2, 0.25) is 0 Å². The average molecular weight is 356 g/mol. The summed E-state index contributed by atoms with van der Waals surface area (Å²) in [5, 5.41) is 13.7. The van der Waals surface area contributed by atoms with Crippen molar-refractivity contribution in [2.75, 3.05) is 5.32 Å². The molecule has 2 aromatic carbocycles. The molecular formula is C19H20N2O5. The summed E-state index contributed by atoms with van der Waals surface area (Å²) in [6.07, 6.45) is -1.38. The average Bonchev–Trinajstić information content (AvgIpc) is 2.64. The van der Waals surface area contributed by atoms with Crippen molar-refractivity contribution in [3.63, 3.8) is 0 Å². The molecule has 0 fully saturated rings. The zero-order valence-corrected chi connectivity index (χ0v) is 14.1. The molecule has 0 saturated heterocycles. The molecule has 0 aliphatic carbocycles. The summed E-state index contributed by atoms with van der Waals surface area (Å²) in [5.74, 6) is -1.03. The number of anilines is 1. The Balaban J connectivity index is 1.86. The molecule has 7 heteroatoms. The van der Waals surface area contributed by atoms with E-state index in [2.05, 4.69) is 10.6 Å². The van der Waals surface area contributed by atoms with Gasteiger partial charge in [0, 0.05) is 12.1 Å². The Hall–Kier alpha value is -3.35. The zero-order valence-electron chi connectivity index (χ0n) is 14.1. The Kier molecular flexibility index (Phi) is 7.17. The van der Waals surface area contributed by atoms with E-state index in [-0.39, 0.29) is 25.4 Å². The van der Waals surface area contributed by atoms with Crippen LogP contribution in [-0.2, 0) is 20.9 Å². The number of nitrogens with one attached hydrogen (secondary N) is 2. The number of ether oxygens (including phenoxy) is 1. The van der Waals surface area contributed by atoms with Crippen LogP contribution in [0.5, 0.6) is 0 Å². The molecule has 2 aromatic rings. The topological polar surface area (TPSA) is 105 Å². The first kappa shape index (κ1) is 19.0. The summed E-state index contributed by atoms with van der Waals surface area (Å²) in [7, 11) is 0. The van der Waals surface area contributed by atoms with E-state index in [4.69, 9.17) is 9.84 Å². The number of hydrogen-bond acceptors (Lipinski definition) is 4. The first-order valence-corrected chi connectivity index (χ1v) is 8.09. The van der Waals surface area contributed by atoms with E-state index in [1.165, 1.54) is 0 Å². The van der Waals surface area contributed by atoms with Crippen LogP contribution in [-0.4, -0.2) is 29.1 Å². The third-order valence-corrected chi connectivity index (χ3v) is 3.52. The van der Waals surface area contributed by atoms with Gasteiger partial charge in [-0.2, -0.15) is 0 Å². The maximum absolute atomic E-state index is 12.1. The lowest BCUT2D eigenvalue weighted by Crippen LogP contribution is -2.41. The monoisotopic (exact) mass is 356 g/mol. The normalized spacial score (nSPS) is 11.2. The van der Waals surface area contributed by atoms with Crippen molar-refractivity contribution in [2.24, 2.45) is 0 Å². The van der Waals surface area contributed by atoms with Gasteiger partial charge < -0.3 is 20.5 Å². The lowest BCUT2D eigenvalue weighted by atomic mass is 10.1. The zero-order chi connectivity index (χ0) is 18.8. The van der Waals surface area contributed by atoms with Gasteiger partial charge in [-0.05, 0) is 24.1 Å². The summed E-state index contributed by atoms with van der Waals surface area (Å²) in [6, 6.07) is 16.8. The van der Waals surface area contributed by atoms with Crippen molar-refractivity contribution >= 4 is 23.7 Å². The largest absolute Gasteiger partial charge is 0.465 e. The molecule has 0 spiro atoms. The lowest BCUT2D eigenvalue weighted by molar-refractivity contribution is -0.147. The smallest absolute Gasteiger partial charge is 0.405 e. The van der Waals surface area contributed by atoms with E-state index in [1.807, 2.05) is 24.3 Å². The summed E-state index contributed by atoms with van der Waals surface area (Å²) in [5.41, 5.74) is 1.42. The third-order valence-electron chi connectivity index (χ3n) is 3.52. The van der Waals surface area contributed by atoms with Crippen LogP contribution in [0.15, 0.2) is 60.7 Å². The standard InChI is InChI=1S/C19H20N2O5/c22-17(20-15-9-5-2-6-10-15)12-11-16(21-19(24)25)18(23)26-13-14-7-3-1-4-8-14/h1-10,16,21H,11-13H2,(H,20,22)(H,24,25)/t16-/m1/s1. The summed E-state index contributed by atoms with van der Waals surface area (Å²) < 4.78 is 5.15. The molecule has 7 nitrogen and oxygen atoms in total. The number of carbonyl (C=O) groups is 3. The summed E-state index contributed by atoms with van der Waals surface area (Å²) in [6.45, 7) is 0.0354. The van der Waals surface area contributed by atoms with E-state index in [0.29, 0.717) is 5.69 Å².